The summed E-state index contributed by atoms with van der Waals surface area (Å²) in [5, 5.41) is 0. The van der Waals surface area contributed by atoms with E-state index in [0.717, 1.165) is 12.8 Å². The number of carbonyl (C=O) groups is 1. The van der Waals surface area contributed by atoms with Gasteiger partial charge in [0, 0.05) is 6.42 Å². The van der Waals surface area contributed by atoms with Crippen LogP contribution in [-0.2, 0) is 9.53 Å². The fourth-order valence-electron chi connectivity index (χ4n) is 1.86. The van der Waals surface area contributed by atoms with Gasteiger partial charge in [-0.3, -0.25) is 4.79 Å². The van der Waals surface area contributed by atoms with E-state index in [1.165, 1.54) is 6.42 Å². The highest BCUT2D eigenvalue weighted by atomic mass is 16.5. The molecule has 3 nitrogen and oxygen atoms in total. The summed E-state index contributed by atoms with van der Waals surface area (Å²) in [6, 6.07) is 0. The summed E-state index contributed by atoms with van der Waals surface area (Å²) in [7, 11) is 0. The van der Waals surface area contributed by atoms with E-state index in [1.54, 1.807) is 0 Å². The van der Waals surface area contributed by atoms with Gasteiger partial charge in [-0.25, -0.2) is 0 Å². The molecule has 1 saturated carbocycles. The third-order valence-electron chi connectivity index (χ3n) is 3.00. The van der Waals surface area contributed by atoms with E-state index in [-0.39, 0.29) is 23.9 Å². The van der Waals surface area contributed by atoms with Gasteiger partial charge in [-0.2, -0.15) is 0 Å². The number of rotatable bonds is 6. The molecule has 1 fully saturated rings. The van der Waals surface area contributed by atoms with Gasteiger partial charge in [0.25, 0.3) is 0 Å². The zero-order valence-electron chi connectivity index (χ0n) is 9.21. The first-order chi connectivity index (χ1) is 6.58. The molecule has 1 aliphatic carbocycles. The van der Waals surface area contributed by atoms with Crippen molar-refractivity contribution in [2.75, 3.05) is 13.2 Å². The monoisotopic (exact) mass is 199 g/mol. The summed E-state index contributed by atoms with van der Waals surface area (Å²) in [5.41, 5.74) is 5.80. The Hall–Kier alpha value is -0.410. The van der Waals surface area contributed by atoms with Crippen molar-refractivity contribution in [3.63, 3.8) is 0 Å². The van der Waals surface area contributed by atoms with Crippen molar-refractivity contribution in [1.82, 2.24) is 0 Å². The van der Waals surface area contributed by atoms with Crippen molar-refractivity contribution in [2.24, 2.45) is 11.1 Å². The first kappa shape index (κ1) is 11.7. The summed E-state index contributed by atoms with van der Waals surface area (Å²) in [6.45, 7) is 4.77. The molecule has 0 saturated heterocycles. The summed E-state index contributed by atoms with van der Waals surface area (Å²) < 4.78 is 5.27. The van der Waals surface area contributed by atoms with Crippen LogP contribution in [0.25, 0.3) is 0 Å². The van der Waals surface area contributed by atoms with Crippen molar-refractivity contribution >= 4 is 5.78 Å². The van der Waals surface area contributed by atoms with Gasteiger partial charge in [0.05, 0.1) is 6.10 Å². The van der Waals surface area contributed by atoms with Crippen molar-refractivity contribution < 1.29 is 9.53 Å². The average molecular weight is 199 g/mol. The average Bonchev–Trinajstić information content (AvgIpc) is 2.08. The third kappa shape index (κ3) is 3.07. The van der Waals surface area contributed by atoms with Gasteiger partial charge in [0.15, 0.2) is 5.78 Å². The van der Waals surface area contributed by atoms with Crippen LogP contribution >= 0.6 is 0 Å². The lowest BCUT2D eigenvalue weighted by Crippen LogP contribution is -2.39. The Morgan fingerprint density at radius 1 is 1.50 bits per heavy atom. The Morgan fingerprint density at radius 2 is 2.14 bits per heavy atom. The van der Waals surface area contributed by atoms with Gasteiger partial charge < -0.3 is 10.5 Å². The van der Waals surface area contributed by atoms with Crippen molar-refractivity contribution in [2.45, 2.75) is 45.6 Å². The number of hydrogen-bond donors (Lipinski definition) is 1. The molecule has 0 heterocycles. The maximum atomic E-state index is 11.5. The molecule has 0 aromatic rings. The van der Waals surface area contributed by atoms with Gasteiger partial charge in [-0.1, -0.05) is 6.42 Å². The predicted octanol–water partition coefficient (Wildman–Crippen LogP) is 1.50. The lowest BCUT2D eigenvalue weighted by atomic mass is 9.66. The summed E-state index contributed by atoms with van der Waals surface area (Å²) in [5.74, 6) is 0.198. The molecule has 82 valence electrons. The second kappa shape index (κ2) is 4.89. The fraction of sp³-hybridized carbons (Fsp3) is 0.909. The molecular formula is C11H21NO2. The van der Waals surface area contributed by atoms with Crippen LogP contribution in [0.5, 0.6) is 0 Å². The van der Waals surface area contributed by atoms with Crippen LogP contribution in [0.2, 0.25) is 0 Å². The molecule has 0 bridgehead atoms. The van der Waals surface area contributed by atoms with Crippen LogP contribution in [0.4, 0.5) is 0 Å². The quantitative estimate of drug-likeness (QED) is 0.705. The number of carbonyl (C=O) groups excluding carboxylic acids is 1. The minimum absolute atomic E-state index is 0.122. The Balaban J connectivity index is 2.25. The van der Waals surface area contributed by atoms with Crippen molar-refractivity contribution in [1.29, 1.82) is 0 Å². The molecule has 0 aromatic heterocycles. The van der Waals surface area contributed by atoms with Gasteiger partial charge in [0.1, 0.15) is 6.61 Å². The molecule has 1 aliphatic rings. The predicted molar refractivity (Wildman–Crippen MR) is 56.1 cm³/mol. The number of ketones is 1. The number of hydrogen-bond acceptors (Lipinski definition) is 3. The Labute approximate surface area is 86.0 Å². The molecule has 2 N–H and O–H groups in total. The highest BCUT2D eigenvalue weighted by Gasteiger charge is 2.37. The maximum absolute atomic E-state index is 11.5. The van der Waals surface area contributed by atoms with Gasteiger partial charge in [-0.15, -0.1) is 0 Å². The second-order valence-corrected chi connectivity index (χ2v) is 4.63. The van der Waals surface area contributed by atoms with Crippen LogP contribution in [-0.4, -0.2) is 25.0 Å². The summed E-state index contributed by atoms with van der Waals surface area (Å²) >= 11 is 0. The van der Waals surface area contributed by atoms with Crippen LogP contribution in [0, 0.1) is 5.41 Å². The van der Waals surface area contributed by atoms with E-state index in [2.05, 4.69) is 0 Å². The lowest BCUT2D eigenvalue weighted by Gasteiger charge is -2.40. The van der Waals surface area contributed by atoms with E-state index in [9.17, 15) is 4.79 Å². The SMILES string of the molecule is CC(C)OCC(=O)CC1(CN)CCC1. The molecule has 3 heteroatoms. The Morgan fingerprint density at radius 3 is 2.50 bits per heavy atom. The molecule has 0 aliphatic heterocycles. The van der Waals surface area contributed by atoms with Gasteiger partial charge in [-0.05, 0) is 38.6 Å². The molecule has 0 radical (unpaired) electrons. The lowest BCUT2D eigenvalue weighted by molar-refractivity contribution is -0.128. The normalized spacial score (nSPS) is 19.4. The fourth-order valence-corrected chi connectivity index (χ4v) is 1.86. The highest BCUT2D eigenvalue weighted by Crippen LogP contribution is 2.42. The minimum atomic E-state index is 0.122. The summed E-state index contributed by atoms with van der Waals surface area (Å²) in [4.78, 5) is 11.5. The molecular weight excluding hydrogens is 178 g/mol. The maximum Gasteiger partial charge on any atom is 0.159 e. The molecule has 0 spiro atoms. The molecule has 0 unspecified atom stereocenters. The molecule has 14 heavy (non-hydrogen) atoms. The van der Waals surface area contributed by atoms with Gasteiger partial charge in [0.2, 0.25) is 0 Å². The summed E-state index contributed by atoms with van der Waals surface area (Å²) in [6.07, 6.45) is 4.17. The molecule has 1 rings (SSSR count). The zero-order chi connectivity index (χ0) is 10.6. The molecule has 0 amide bonds. The van der Waals surface area contributed by atoms with E-state index >= 15 is 0 Å². The van der Waals surface area contributed by atoms with E-state index in [0.29, 0.717) is 13.0 Å². The standard InChI is InChI=1S/C11H21NO2/c1-9(2)14-7-10(13)6-11(8-12)4-3-5-11/h9H,3-8,12H2,1-2H3. The Kier molecular flexibility index (Phi) is 4.08. The topological polar surface area (TPSA) is 52.3 Å². The van der Waals surface area contributed by atoms with Crippen molar-refractivity contribution in [3.05, 3.63) is 0 Å². The molecule has 0 aromatic carbocycles. The Bertz CT molecular complexity index is 192. The highest BCUT2D eigenvalue weighted by molar-refractivity contribution is 5.80. The van der Waals surface area contributed by atoms with E-state index < -0.39 is 0 Å². The van der Waals surface area contributed by atoms with Crippen LogP contribution in [0.3, 0.4) is 0 Å². The van der Waals surface area contributed by atoms with Crippen LogP contribution in [0.1, 0.15) is 39.5 Å². The van der Waals surface area contributed by atoms with Crippen LogP contribution in [0.15, 0.2) is 0 Å². The van der Waals surface area contributed by atoms with E-state index in [1.807, 2.05) is 13.8 Å². The van der Waals surface area contributed by atoms with Gasteiger partial charge >= 0.3 is 0 Å². The van der Waals surface area contributed by atoms with E-state index in [4.69, 9.17) is 10.5 Å². The smallest absolute Gasteiger partial charge is 0.159 e. The second-order valence-electron chi connectivity index (χ2n) is 4.63. The molecule has 0 atom stereocenters. The first-order valence-corrected chi connectivity index (χ1v) is 5.41. The number of Topliss-reactive ketones (excluding diaryl/α,β-unsaturated/α-hetero) is 1. The number of nitrogens with two attached hydrogens (primary N) is 1. The zero-order valence-corrected chi connectivity index (χ0v) is 9.21. The number of ether oxygens (including phenoxy) is 1. The van der Waals surface area contributed by atoms with Crippen molar-refractivity contribution in [3.8, 4) is 0 Å². The first-order valence-electron chi connectivity index (χ1n) is 5.41. The third-order valence-corrected chi connectivity index (χ3v) is 3.00. The minimum Gasteiger partial charge on any atom is -0.371 e. The van der Waals surface area contributed by atoms with Crippen LogP contribution < -0.4 is 5.73 Å². The largest absolute Gasteiger partial charge is 0.371 e.